The molecule has 2 aromatic rings. The summed E-state index contributed by atoms with van der Waals surface area (Å²) in [4.78, 5) is 21.4. The lowest BCUT2D eigenvalue weighted by atomic mass is 10.2. The van der Waals surface area contributed by atoms with Crippen LogP contribution in [0.15, 0.2) is 34.5 Å². The van der Waals surface area contributed by atoms with E-state index in [1.165, 1.54) is 23.9 Å². The maximum atomic E-state index is 11.1. The van der Waals surface area contributed by atoms with Gasteiger partial charge in [-0.05, 0) is 26.0 Å². The Morgan fingerprint density at radius 2 is 2.12 bits per heavy atom. The fourth-order valence-corrected chi connectivity index (χ4v) is 2.80. The number of carbonyl (C=O) groups excluding carboxylic acids is 1. The number of carbonyl (C=O) groups is 1. The van der Waals surface area contributed by atoms with Gasteiger partial charge in [-0.15, -0.1) is 10.2 Å². The van der Waals surface area contributed by atoms with Crippen LogP contribution >= 0.6 is 11.8 Å². The molecule has 1 saturated heterocycles. The van der Waals surface area contributed by atoms with Crippen molar-refractivity contribution in [2.45, 2.75) is 13.8 Å². The minimum absolute atomic E-state index is 0.00594. The Hall–Kier alpha value is -3.08. The Labute approximate surface area is 146 Å². The molecule has 0 saturated carbocycles. The molecular formula is C14H13N7O3S. The molecule has 11 heteroatoms. The van der Waals surface area contributed by atoms with Gasteiger partial charge < -0.3 is 5.32 Å². The summed E-state index contributed by atoms with van der Waals surface area (Å²) in [6.07, 6.45) is 0. The maximum absolute atomic E-state index is 11.1. The molecule has 0 unspecified atom stereocenters. The number of nitrogens with one attached hydrogen (secondary N) is 1. The fourth-order valence-electron chi connectivity index (χ4n) is 2.17. The second kappa shape index (κ2) is 6.81. The van der Waals surface area contributed by atoms with Crippen molar-refractivity contribution in [3.63, 3.8) is 0 Å². The van der Waals surface area contributed by atoms with Gasteiger partial charge in [0.05, 0.1) is 27.8 Å². The third kappa shape index (κ3) is 3.55. The molecule has 3 rings (SSSR count). The van der Waals surface area contributed by atoms with Crippen molar-refractivity contribution < 1.29 is 9.72 Å². The molecule has 0 atom stereocenters. The molecule has 0 radical (unpaired) electrons. The molecule has 1 aliphatic rings. The topological polar surface area (TPSA) is 128 Å². The van der Waals surface area contributed by atoms with Crippen molar-refractivity contribution in [1.29, 1.82) is 0 Å². The number of nitro benzene ring substituents is 1. The average molecular weight is 359 g/mol. The van der Waals surface area contributed by atoms with Crippen LogP contribution in [0.25, 0.3) is 5.69 Å². The fraction of sp³-hybridized carbons (Fsp3) is 0.214. The third-order valence-corrected chi connectivity index (χ3v) is 4.28. The van der Waals surface area contributed by atoms with Crippen LogP contribution in [0.1, 0.15) is 18.3 Å². The molecule has 1 amide bonds. The van der Waals surface area contributed by atoms with Crippen molar-refractivity contribution in [1.82, 2.24) is 20.3 Å². The summed E-state index contributed by atoms with van der Waals surface area (Å²) in [7, 11) is 0. The van der Waals surface area contributed by atoms with Gasteiger partial charge in [0, 0.05) is 12.1 Å². The third-order valence-electron chi connectivity index (χ3n) is 3.42. The van der Waals surface area contributed by atoms with E-state index in [1.54, 1.807) is 23.7 Å². The number of hydrogen-bond donors (Lipinski definition) is 1. The van der Waals surface area contributed by atoms with Crippen molar-refractivity contribution >= 4 is 34.2 Å². The average Bonchev–Trinajstić information content (AvgIpc) is 3.18. The molecule has 128 valence electrons. The first-order valence-electron chi connectivity index (χ1n) is 7.18. The minimum Gasteiger partial charge on any atom is -0.303 e. The van der Waals surface area contributed by atoms with E-state index in [1.807, 2.05) is 6.92 Å². The van der Waals surface area contributed by atoms with Gasteiger partial charge in [0.2, 0.25) is 5.91 Å². The van der Waals surface area contributed by atoms with E-state index < -0.39 is 4.92 Å². The number of amides is 1. The summed E-state index contributed by atoms with van der Waals surface area (Å²) in [6, 6.07) is 6.01. The summed E-state index contributed by atoms with van der Waals surface area (Å²) in [5.74, 6) is 0.236. The van der Waals surface area contributed by atoms with Gasteiger partial charge in [0.15, 0.2) is 5.17 Å². The Morgan fingerprint density at radius 1 is 1.40 bits per heavy atom. The van der Waals surface area contributed by atoms with Gasteiger partial charge in [-0.25, -0.2) is 4.68 Å². The molecule has 1 N–H and O–H groups in total. The van der Waals surface area contributed by atoms with E-state index in [0.29, 0.717) is 28.0 Å². The second-order valence-corrected chi connectivity index (χ2v) is 6.10. The van der Waals surface area contributed by atoms with Crippen molar-refractivity contribution in [2.75, 3.05) is 5.75 Å². The van der Waals surface area contributed by atoms with Gasteiger partial charge in [-0.1, -0.05) is 17.0 Å². The van der Waals surface area contributed by atoms with Crippen molar-refractivity contribution in [2.24, 2.45) is 10.2 Å². The van der Waals surface area contributed by atoms with Crippen LogP contribution in [-0.4, -0.2) is 42.5 Å². The zero-order chi connectivity index (χ0) is 18.0. The van der Waals surface area contributed by atoms with Gasteiger partial charge in [-0.3, -0.25) is 14.9 Å². The Bertz CT molecular complexity index is 902. The molecule has 0 spiro atoms. The normalized spacial score (nSPS) is 16.3. The molecule has 1 aromatic carbocycles. The Balaban J connectivity index is 1.85. The van der Waals surface area contributed by atoms with E-state index in [4.69, 9.17) is 0 Å². The molecule has 1 aliphatic heterocycles. The first-order valence-corrected chi connectivity index (χ1v) is 8.16. The Kier molecular flexibility index (Phi) is 4.57. The summed E-state index contributed by atoms with van der Waals surface area (Å²) < 4.78 is 1.57. The highest BCUT2D eigenvalue weighted by Crippen LogP contribution is 2.17. The summed E-state index contributed by atoms with van der Waals surface area (Å²) in [6.45, 7) is 3.55. The number of hydrogen-bond acceptors (Lipinski definition) is 8. The zero-order valence-electron chi connectivity index (χ0n) is 13.3. The first kappa shape index (κ1) is 16.8. The van der Waals surface area contributed by atoms with Crippen LogP contribution in [0.5, 0.6) is 0 Å². The highest BCUT2D eigenvalue weighted by atomic mass is 32.2. The predicted molar refractivity (Wildman–Crippen MR) is 93.0 cm³/mol. The summed E-state index contributed by atoms with van der Waals surface area (Å²) >= 11 is 1.28. The molecule has 1 fully saturated rings. The Morgan fingerprint density at radius 3 is 2.72 bits per heavy atom. The molecule has 25 heavy (non-hydrogen) atoms. The number of nitro groups is 1. The van der Waals surface area contributed by atoms with Crippen LogP contribution in [0.2, 0.25) is 0 Å². The summed E-state index contributed by atoms with van der Waals surface area (Å²) in [5, 5.41) is 30.0. The number of rotatable bonds is 4. The van der Waals surface area contributed by atoms with Gasteiger partial charge in [0.1, 0.15) is 5.69 Å². The van der Waals surface area contributed by atoms with Gasteiger partial charge in [0.25, 0.3) is 5.69 Å². The number of benzene rings is 1. The lowest BCUT2D eigenvalue weighted by Crippen LogP contribution is -2.19. The van der Waals surface area contributed by atoms with E-state index in [9.17, 15) is 14.9 Å². The SMILES string of the molecule is C/C(=N\N=C1/NC(=O)CS1)c1nnn(-c2ccc([N+](=O)[O-])cc2)c1C. The number of aromatic nitrogens is 3. The van der Waals surface area contributed by atoms with Gasteiger partial charge >= 0.3 is 0 Å². The molecule has 2 heterocycles. The van der Waals surface area contributed by atoms with Crippen LogP contribution in [0, 0.1) is 17.0 Å². The highest BCUT2D eigenvalue weighted by molar-refractivity contribution is 8.15. The number of nitrogens with zero attached hydrogens (tertiary/aromatic N) is 6. The van der Waals surface area contributed by atoms with E-state index in [-0.39, 0.29) is 11.6 Å². The molecular weight excluding hydrogens is 346 g/mol. The van der Waals surface area contributed by atoms with E-state index >= 15 is 0 Å². The minimum atomic E-state index is -0.459. The second-order valence-electron chi connectivity index (χ2n) is 5.14. The zero-order valence-corrected chi connectivity index (χ0v) is 14.1. The maximum Gasteiger partial charge on any atom is 0.269 e. The van der Waals surface area contributed by atoms with Gasteiger partial charge in [-0.2, -0.15) is 5.10 Å². The standard InChI is InChI=1S/C14H13N7O3S/c1-8(16-18-14-15-12(22)7-25-14)13-9(2)20(19-17-13)10-3-5-11(6-4-10)21(23)24/h3-6H,7H2,1-2H3,(H,15,18,22)/b16-8+. The van der Waals surface area contributed by atoms with Crippen molar-refractivity contribution in [3.05, 3.63) is 45.8 Å². The number of non-ortho nitro benzene ring substituents is 1. The molecule has 10 nitrogen and oxygen atoms in total. The van der Waals surface area contributed by atoms with E-state index in [2.05, 4.69) is 25.8 Å². The van der Waals surface area contributed by atoms with Crippen LogP contribution in [0.4, 0.5) is 5.69 Å². The smallest absolute Gasteiger partial charge is 0.269 e. The van der Waals surface area contributed by atoms with E-state index in [0.717, 1.165) is 5.69 Å². The van der Waals surface area contributed by atoms with Crippen LogP contribution in [-0.2, 0) is 4.79 Å². The number of amidine groups is 1. The lowest BCUT2D eigenvalue weighted by molar-refractivity contribution is -0.384. The largest absolute Gasteiger partial charge is 0.303 e. The summed E-state index contributed by atoms with van der Waals surface area (Å²) in [5.41, 5.74) is 2.47. The van der Waals surface area contributed by atoms with Crippen LogP contribution in [0.3, 0.4) is 0 Å². The monoisotopic (exact) mass is 359 g/mol. The first-order chi connectivity index (χ1) is 12.0. The molecule has 1 aromatic heterocycles. The molecule has 0 aliphatic carbocycles. The highest BCUT2D eigenvalue weighted by Gasteiger charge is 2.17. The number of thioether (sulfide) groups is 1. The molecule has 0 bridgehead atoms. The van der Waals surface area contributed by atoms with Crippen molar-refractivity contribution in [3.8, 4) is 5.69 Å². The lowest BCUT2D eigenvalue weighted by Gasteiger charge is -2.03. The van der Waals surface area contributed by atoms with Crippen LogP contribution < -0.4 is 5.32 Å². The predicted octanol–water partition coefficient (Wildman–Crippen LogP) is 1.43. The quantitative estimate of drug-likeness (QED) is 0.499.